The van der Waals surface area contributed by atoms with E-state index < -0.39 is 32.5 Å². The van der Waals surface area contributed by atoms with Gasteiger partial charge in [-0.25, -0.2) is 16.8 Å². The molecule has 202 valence electrons. The van der Waals surface area contributed by atoms with Gasteiger partial charge in [0.1, 0.15) is 12.3 Å². The number of hydrogen-bond donors (Lipinski definition) is 1. The number of anilines is 2. The first-order chi connectivity index (χ1) is 18.1. The lowest BCUT2D eigenvalue weighted by Gasteiger charge is -2.26. The van der Waals surface area contributed by atoms with E-state index >= 15 is 0 Å². The van der Waals surface area contributed by atoms with Gasteiger partial charge in [0.2, 0.25) is 15.9 Å². The summed E-state index contributed by atoms with van der Waals surface area (Å²) in [4.78, 5) is 13.3. The summed E-state index contributed by atoms with van der Waals surface area (Å²) in [6, 6.07) is 19.0. The van der Waals surface area contributed by atoms with E-state index in [2.05, 4.69) is 5.32 Å². The van der Waals surface area contributed by atoms with Crippen LogP contribution in [0.15, 0.2) is 82.6 Å². The van der Waals surface area contributed by atoms with E-state index in [1.54, 1.807) is 42.5 Å². The van der Waals surface area contributed by atoms with E-state index in [-0.39, 0.29) is 21.2 Å². The molecule has 0 aromatic heterocycles. The highest BCUT2D eigenvalue weighted by atomic mass is 32.2. The van der Waals surface area contributed by atoms with E-state index in [0.717, 1.165) is 29.1 Å². The van der Waals surface area contributed by atoms with Crippen molar-refractivity contribution in [2.75, 3.05) is 36.4 Å². The fourth-order valence-electron chi connectivity index (χ4n) is 4.27. The maximum absolute atomic E-state index is 13.6. The van der Waals surface area contributed by atoms with Crippen LogP contribution in [-0.2, 0) is 24.8 Å². The molecule has 9 nitrogen and oxygen atoms in total. The molecule has 0 radical (unpaired) electrons. The highest BCUT2D eigenvalue weighted by Crippen LogP contribution is 2.30. The highest BCUT2D eigenvalue weighted by molar-refractivity contribution is 7.92. The van der Waals surface area contributed by atoms with Gasteiger partial charge in [-0.15, -0.1) is 0 Å². The SMILES string of the molecule is COc1ccc(S(=O)(=O)N2CCCCC2)cc1NC(=O)CN(c1ccccc1)S(=O)(=O)c1ccc(C)cc1. The maximum Gasteiger partial charge on any atom is 0.264 e. The minimum Gasteiger partial charge on any atom is -0.495 e. The van der Waals surface area contributed by atoms with Crippen molar-refractivity contribution in [3.63, 3.8) is 0 Å². The number of piperidine rings is 1. The van der Waals surface area contributed by atoms with E-state index in [4.69, 9.17) is 4.74 Å². The fraction of sp³-hybridized carbons (Fsp3) is 0.296. The van der Waals surface area contributed by atoms with Gasteiger partial charge in [-0.2, -0.15) is 4.31 Å². The topological polar surface area (TPSA) is 113 Å². The van der Waals surface area contributed by atoms with Crippen LogP contribution in [0.5, 0.6) is 5.75 Å². The Kier molecular flexibility index (Phi) is 8.39. The van der Waals surface area contributed by atoms with Gasteiger partial charge < -0.3 is 10.1 Å². The molecule has 1 fully saturated rings. The summed E-state index contributed by atoms with van der Waals surface area (Å²) >= 11 is 0. The molecule has 0 saturated carbocycles. The largest absolute Gasteiger partial charge is 0.495 e. The molecule has 1 N–H and O–H groups in total. The predicted octanol–water partition coefficient (Wildman–Crippen LogP) is 4.01. The number of nitrogens with zero attached hydrogens (tertiary/aromatic N) is 2. The maximum atomic E-state index is 13.6. The van der Waals surface area contributed by atoms with Crippen LogP contribution >= 0.6 is 0 Å². The quantitative estimate of drug-likeness (QED) is 0.425. The number of benzene rings is 3. The summed E-state index contributed by atoms with van der Waals surface area (Å²) in [7, 11) is -6.43. The van der Waals surface area contributed by atoms with Crippen molar-refractivity contribution >= 4 is 37.3 Å². The van der Waals surface area contributed by atoms with E-state index in [0.29, 0.717) is 18.8 Å². The Bertz CT molecular complexity index is 1490. The lowest BCUT2D eigenvalue weighted by atomic mass is 10.2. The second-order valence-electron chi connectivity index (χ2n) is 9.04. The van der Waals surface area contributed by atoms with Gasteiger partial charge in [-0.05, 0) is 62.2 Å². The number of carbonyl (C=O) groups excluding carboxylic acids is 1. The van der Waals surface area contributed by atoms with E-state index in [1.165, 1.54) is 41.7 Å². The summed E-state index contributed by atoms with van der Waals surface area (Å²) in [6.45, 7) is 2.20. The molecule has 0 spiro atoms. The first-order valence-corrected chi connectivity index (χ1v) is 15.1. The lowest BCUT2D eigenvalue weighted by molar-refractivity contribution is -0.114. The standard InChI is InChI=1S/C27H31N3O6S2/c1-21-11-13-23(14-12-21)38(34,35)30(22-9-5-3-6-10-22)20-27(31)28-25-19-24(15-16-26(25)36-2)37(32,33)29-17-7-4-8-18-29/h3,5-6,9-16,19H,4,7-8,17-18,20H2,1-2H3,(H,28,31). The van der Waals surface area contributed by atoms with Gasteiger partial charge in [0, 0.05) is 13.1 Å². The number of carbonyl (C=O) groups is 1. The zero-order valence-corrected chi connectivity index (χ0v) is 23.0. The van der Waals surface area contributed by atoms with Crippen LogP contribution in [0.2, 0.25) is 0 Å². The Morgan fingerprint density at radius 3 is 2.16 bits per heavy atom. The highest BCUT2D eigenvalue weighted by Gasteiger charge is 2.29. The van der Waals surface area contributed by atoms with Crippen molar-refractivity contribution in [1.82, 2.24) is 4.31 Å². The number of sulfonamides is 2. The number of rotatable bonds is 9. The zero-order chi connectivity index (χ0) is 27.3. The Morgan fingerprint density at radius 1 is 0.895 bits per heavy atom. The molecule has 1 saturated heterocycles. The summed E-state index contributed by atoms with van der Waals surface area (Å²) in [5.74, 6) is -0.404. The van der Waals surface area contributed by atoms with Crippen LogP contribution in [0.3, 0.4) is 0 Å². The lowest BCUT2D eigenvalue weighted by Crippen LogP contribution is -2.38. The number of aryl methyl sites for hydroxylation is 1. The van der Waals surface area contributed by atoms with Crippen molar-refractivity contribution in [3.8, 4) is 5.75 Å². The minimum atomic E-state index is -4.08. The summed E-state index contributed by atoms with van der Waals surface area (Å²) in [5.41, 5.74) is 1.35. The summed E-state index contributed by atoms with van der Waals surface area (Å²) in [5, 5.41) is 2.66. The third-order valence-electron chi connectivity index (χ3n) is 6.34. The van der Waals surface area contributed by atoms with Crippen molar-refractivity contribution in [3.05, 3.63) is 78.4 Å². The zero-order valence-electron chi connectivity index (χ0n) is 21.3. The van der Waals surface area contributed by atoms with Crippen molar-refractivity contribution in [1.29, 1.82) is 0 Å². The van der Waals surface area contributed by atoms with Gasteiger partial charge in [0.25, 0.3) is 10.0 Å². The van der Waals surface area contributed by atoms with Crippen LogP contribution in [0.1, 0.15) is 24.8 Å². The van der Waals surface area contributed by atoms with Gasteiger partial charge in [-0.3, -0.25) is 9.10 Å². The second-order valence-corrected chi connectivity index (χ2v) is 12.8. The van der Waals surface area contributed by atoms with Crippen LogP contribution in [0.25, 0.3) is 0 Å². The minimum absolute atomic E-state index is 0.0303. The normalized spacial score (nSPS) is 14.6. The van der Waals surface area contributed by atoms with Gasteiger partial charge in [-0.1, -0.05) is 42.3 Å². The number of amides is 1. The predicted molar refractivity (Wildman–Crippen MR) is 146 cm³/mol. The molecule has 11 heteroatoms. The van der Waals surface area contributed by atoms with Crippen molar-refractivity contribution < 1.29 is 26.4 Å². The molecule has 1 aliphatic rings. The van der Waals surface area contributed by atoms with Crippen molar-refractivity contribution in [2.24, 2.45) is 0 Å². The molecule has 0 bridgehead atoms. The summed E-state index contributed by atoms with van der Waals surface area (Å²) in [6.07, 6.45) is 2.58. The Labute approximate surface area is 224 Å². The molecule has 1 heterocycles. The second kappa shape index (κ2) is 11.5. The molecular weight excluding hydrogens is 526 g/mol. The molecule has 4 rings (SSSR count). The molecule has 0 unspecified atom stereocenters. The Morgan fingerprint density at radius 2 is 1.53 bits per heavy atom. The third kappa shape index (κ3) is 6.01. The Balaban J connectivity index is 1.63. The fourth-order valence-corrected chi connectivity index (χ4v) is 7.23. The van der Waals surface area contributed by atoms with Crippen molar-refractivity contribution in [2.45, 2.75) is 36.0 Å². The van der Waals surface area contributed by atoms with Gasteiger partial charge >= 0.3 is 0 Å². The molecule has 1 amide bonds. The molecule has 3 aromatic rings. The smallest absolute Gasteiger partial charge is 0.264 e. The van der Waals surface area contributed by atoms with Crippen LogP contribution in [0, 0.1) is 6.92 Å². The van der Waals surface area contributed by atoms with E-state index in [9.17, 15) is 21.6 Å². The average Bonchev–Trinajstić information content (AvgIpc) is 2.93. The number of nitrogens with one attached hydrogen (secondary N) is 1. The van der Waals surface area contributed by atoms with Crippen LogP contribution in [-0.4, -0.2) is 53.8 Å². The average molecular weight is 558 g/mol. The molecule has 3 aromatic carbocycles. The van der Waals surface area contributed by atoms with Crippen LogP contribution in [0.4, 0.5) is 11.4 Å². The molecule has 1 aliphatic heterocycles. The Hall–Kier alpha value is -3.41. The summed E-state index contributed by atoms with van der Waals surface area (Å²) < 4.78 is 61.3. The number of methoxy groups -OCH3 is 1. The molecule has 0 aliphatic carbocycles. The molecule has 38 heavy (non-hydrogen) atoms. The van der Waals surface area contributed by atoms with Gasteiger partial charge in [0.15, 0.2) is 0 Å². The molecule has 0 atom stereocenters. The monoisotopic (exact) mass is 557 g/mol. The third-order valence-corrected chi connectivity index (χ3v) is 10.0. The first kappa shape index (κ1) is 27.6. The number of hydrogen-bond acceptors (Lipinski definition) is 6. The van der Waals surface area contributed by atoms with Crippen LogP contribution < -0.4 is 14.4 Å². The van der Waals surface area contributed by atoms with Gasteiger partial charge in [0.05, 0.1) is 28.3 Å². The number of para-hydroxylation sites is 1. The molecular formula is C27H31N3O6S2. The first-order valence-electron chi connectivity index (χ1n) is 12.3. The number of ether oxygens (including phenoxy) is 1. The van der Waals surface area contributed by atoms with E-state index in [1.807, 2.05) is 6.92 Å².